The van der Waals surface area contributed by atoms with Gasteiger partial charge < -0.3 is 14.8 Å². The summed E-state index contributed by atoms with van der Waals surface area (Å²) >= 11 is 0. The summed E-state index contributed by atoms with van der Waals surface area (Å²) in [7, 11) is 1.66. The van der Waals surface area contributed by atoms with Crippen LogP contribution in [-0.4, -0.2) is 12.9 Å². The Morgan fingerprint density at radius 3 is 2.55 bits per heavy atom. The summed E-state index contributed by atoms with van der Waals surface area (Å²) in [4.78, 5) is 4.86. The van der Waals surface area contributed by atoms with Crippen molar-refractivity contribution >= 4 is 28.0 Å². The molecule has 4 aromatic carbocycles. The smallest absolute Gasteiger partial charge is 0.161 e. The Morgan fingerprint density at radius 1 is 0.871 bits per heavy atom. The first-order valence-electron chi connectivity index (χ1n) is 10.4. The van der Waals surface area contributed by atoms with Crippen LogP contribution in [0.2, 0.25) is 0 Å². The first-order chi connectivity index (χ1) is 15.1. The quantitative estimate of drug-likeness (QED) is 0.407. The van der Waals surface area contributed by atoms with E-state index in [1.165, 1.54) is 22.1 Å². The number of methoxy groups -OCH3 is 1. The van der Waals surface area contributed by atoms with Crippen LogP contribution in [0, 0.1) is 13.8 Å². The number of hydrogen-bond donors (Lipinski definition) is 1. The van der Waals surface area contributed by atoms with E-state index in [2.05, 4.69) is 61.6 Å². The molecular formula is C27H24N2O2. The van der Waals surface area contributed by atoms with Gasteiger partial charge in [-0.25, -0.2) is 4.99 Å². The van der Waals surface area contributed by atoms with Crippen LogP contribution in [0.4, 0.5) is 11.4 Å². The van der Waals surface area contributed by atoms with Crippen molar-refractivity contribution in [1.82, 2.24) is 0 Å². The maximum Gasteiger partial charge on any atom is 0.161 e. The van der Waals surface area contributed by atoms with Crippen molar-refractivity contribution in [2.45, 2.75) is 20.5 Å². The monoisotopic (exact) mass is 408 g/mol. The Labute approximate surface area is 182 Å². The summed E-state index contributed by atoms with van der Waals surface area (Å²) in [5, 5.41) is 5.80. The summed E-state index contributed by atoms with van der Waals surface area (Å²) in [6.45, 7) is 4.69. The number of aliphatic imine (C=N–C) groups is 1. The van der Waals surface area contributed by atoms with Crippen molar-refractivity contribution in [3.8, 4) is 11.5 Å². The van der Waals surface area contributed by atoms with Crippen LogP contribution in [0.15, 0.2) is 77.8 Å². The van der Waals surface area contributed by atoms with E-state index in [0.717, 1.165) is 28.2 Å². The predicted molar refractivity (Wildman–Crippen MR) is 127 cm³/mol. The molecule has 0 aliphatic carbocycles. The number of anilines is 1. The summed E-state index contributed by atoms with van der Waals surface area (Å²) in [6.07, 6.45) is 0. The molecule has 4 heteroatoms. The normalized spacial score (nSPS) is 12.3. The van der Waals surface area contributed by atoms with Gasteiger partial charge in [0.05, 0.1) is 12.8 Å². The maximum atomic E-state index is 6.11. The minimum atomic E-state index is 0.498. The zero-order valence-electron chi connectivity index (χ0n) is 17.9. The van der Waals surface area contributed by atoms with Crippen LogP contribution < -0.4 is 14.8 Å². The van der Waals surface area contributed by atoms with Gasteiger partial charge in [-0.1, -0.05) is 48.0 Å². The lowest BCUT2D eigenvalue weighted by molar-refractivity contribution is 0.284. The van der Waals surface area contributed by atoms with Crippen molar-refractivity contribution in [1.29, 1.82) is 0 Å². The highest BCUT2D eigenvalue weighted by molar-refractivity contribution is 6.19. The molecule has 4 aromatic rings. The topological polar surface area (TPSA) is 42.8 Å². The van der Waals surface area contributed by atoms with Gasteiger partial charge >= 0.3 is 0 Å². The van der Waals surface area contributed by atoms with Crippen LogP contribution in [0.5, 0.6) is 11.5 Å². The molecule has 1 N–H and O–H groups in total. The Morgan fingerprint density at radius 2 is 1.71 bits per heavy atom. The molecule has 0 radical (unpaired) electrons. The van der Waals surface area contributed by atoms with E-state index in [1.54, 1.807) is 7.11 Å². The molecule has 0 saturated carbocycles. The molecular weight excluding hydrogens is 384 g/mol. The van der Waals surface area contributed by atoms with Crippen molar-refractivity contribution in [3.63, 3.8) is 0 Å². The maximum absolute atomic E-state index is 6.11. The van der Waals surface area contributed by atoms with Crippen molar-refractivity contribution < 1.29 is 9.47 Å². The zero-order valence-corrected chi connectivity index (χ0v) is 17.9. The Bertz CT molecular complexity index is 1320. The molecule has 1 aliphatic heterocycles. The largest absolute Gasteiger partial charge is 0.493 e. The second-order valence-electron chi connectivity index (χ2n) is 7.85. The molecule has 154 valence electrons. The lowest BCUT2D eigenvalue weighted by Crippen LogP contribution is -2.16. The minimum Gasteiger partial charge on any atom is -0.493 e. The average molecular weight is 409 g/mol. The molecule has 31 heavy (non-hydrogen) atoms. The van der Waals surface area contributed by atoms with Gasteiger partial charge in [-0.2, -0.15) is 0 Å². The highest BCUT2D eigenvalue weighted by atomic mass is 16.5. The van der Waals surface area contributed by atoms with Gasteiger partial charge in [0.25, 0.3) is 0 Å². The van der Waals surface area contributed by atoms with E-state index < -0.39 is 0 Å². The van der Waals surface area contributed by atoms with E-state index in [0.29, 0.717) is 18.1 Å². The van der Waals surface area contributed by atoms with Crippen LogP contribution in [0.1, 0.15) is 22.3 Å². The number of ether oxygens (including phenoxy) is 2. The average Bonchev–Trinajstić information content (AvgIpc) is 2.80. The summed E-state index contributed by atoms with van der Waals surface area (Å²) in [5.41, 5.74) is 6.60. The second-order valence-corrected chi connectivity index (χ2v) is 7.85. The summed E-state index contributed by atoms with van der Waals surface area (Å²) in [6, 6.07) is 24.8. The van der Waals surface area contributed by atoms with Crippen LogP contribution in [0.3, 0.4) is 0 Å². The Hall–Kier alpha value is -3.79. The molecule has 0 bridgehead atoms. The lowest BCUT2D eigenvalue weighted by atomic mass is 10.0. The molecule has 0 fully saturated rings. The first-order valence-corrected chi connectivity index (χ1v) is 10.4. The van der Waals surface area contributed by atoms with Crippen LogP contribution in [-0.2, 0) is 6.61 Å². The lowest BCUT2D eigenvalue weighted by Gasteiger charge is -2.20. The zero-order chi connectivity index (χ0) is 21.4. The van der Waals surface area contributed by atoms with E-state index in [9.17, 15) is 0 Å². The fourth-order valence-corrected chi connectivity index (χ4v) is 3.98. The van der Waals surface area contributed by atoms with Crippen LogP contribution >= 0.6 is 0 Å². The Balaban J connectivity index is 1.44. The third-order valence-electron chi connectivity index (χ3n) is 5.69. The molecule has 0 amide bonds. The van der Waals surface area contributed by atoms with Gasteiger partial charge in [-0.05, 0) is 60.7 Å². The number of aryl methyl sites for hydroxylation is 2. The number of amidine groups is 1. The first kappa shape index (κ1) is 19.2. The van der Waals surface area contributed by atoms with E-state index in [4.69, 9.17) is 14.5 Å². The molecule has 0 unspecified atom stereocenters. The number of rotatable bonds is 5. The molecule has 0 atom stereocenters. The third-order valence-corrected chi connectivity index (χ3v) is 5.69. The van der Waals surface area contributed by atoms with Gasteiger partial charge in [-0.3, -0.25) is 0 Å². The number of nitrogens with one attached hydrogen (secondary N) is 1. The molecule has 5 rings (SSSR count). The van der Waals surface area contributed by atoms with Gasteiger partial charge in [-0.15, -0.1) is 0 Å². The van der Waals surface area contributed by atoms with Gasteiger partial charge in [0.15, 0.2) is 11.5 Å². The predicted octanol–water partition coefficient (Wildman–Crippen LogP) is 6.55. The molecule has 4 nitrogen and oxygen atoms in total. The van der Waals surface area contributed by atoms with Crippen molar-refractivity contribution in [2.75, 3.05) is 12.4 Å². The van der Waals surface area contributed by atoms with Crippen molar-refractivity contribution in [3.05, 3.63) is 95.1 Å². The number of nitrogens with zero attached hydrogens (tertiary/aromatic N) is 1. The summed E-state index contributed by atoms with van der Waals surface area (Å²) in [5.74, 6) is 2.20. The van der Waals surface area contributed by atoms with Gasteiger partial charge in [0.2, 0.25) is 0 Å². The fourth-order valence-electron chi connectivity index (χ4n) is 3.98. The SMILES string of the molecule is COc1cc(C2=Nc3cccc4cccc(c34)N2)ccc1OCc1cc(C)ccc1C. The highest BCUT2D eigenvalue weighted by Crippen LogP contribution is 2.37. The highest BCUT2D eigenvalue weighted by Gasteiger charge is 2.17. The third kappa shape index (κ3) is 3.61. The van der Waals surface area contributed by atoms with Crippen molar-refractivity contribution in [2.24, 2.45) is 4.99 Å². The molecule has 0 saturated heterocycles. The standard InChI is InChI=1S/C27H24N2O2/c1-17-10-11-18(2)21(14-17)16-31-24-13-12-20(15-25(24)30-3)27-28-22-8-4-6-19-7-5-9-23(29-27)26(19)22/h4-15H,16H2,1-3H3,(H,28,29). The van der Waals surface area contributed by atoms with E-state index >= 15 is 0 Å². The van der Waals surface area contributed by atoms with Gasteiger partial charge in [0, 0.05) is 16.6 Å². The molecule has 1 aliphatic rings. The van der Waals surface area contributed by atoms with Crippen LogP contribution in [0.25, 0.3) is 10.8 Å². The Kier molecular flexibility index (Phi) is 4.83. The number of benzene rings is 4. The molecule has 0 spiro atoms. The minimum absolute atomic E-state index is 0.498. The fraction of sp³-hybridized carbons (Fsp3) is 0.148. The molecule has 0 aromatic heterocycles. The second kappa shape index (κ2) is 7.80. The molecule has 1 heterocycles. The summed E-state index contributed by atoms with van der Waals surface area (Å²) < 4.78 is 11.7. The van der Waals surface area contributed by atoms with E-state index in [-0.39, 0.29) is 0 Å². The van der Waals surface area contributed by atoms with E-state index in [1.807, 2.05) is 30.3 Å². The number of hydrogen-bond acceptors (Lipinski definition) is 4. The van der Waals surface area contributed by atoms with Gasteiger partial charge in [0.1, 0.15) is 12.4 Å².